The third-order valence-corrected chi connectivity index (χ3v) is 17.7. The van der Waals surface area contributed by atoms with Gasteiger partial charge in [0.05, 0.1) is 90.4 Å². The fraction of sp³-hybridized carbons (Fsp3) is 0.688. The first-order valence-corrected chi connectivity index (χ1v) is 36.9. The van der Waals surface area contributed by atoms with Gasteiger partial charge in [-0.3, -0.25) is 29.8 Å². The average Bonchev–Trinajstić information content (AvgIpc) is 1.34. The summed E-state index contributed by atoms with van der Waals surface area (Å²) in [6.45, 7) is 70.5. The molecule has 0 N–H and O–H groups in total. The third-order valence-electron chi connectivity index (χ3n) is 17.7. The van der Waals surface area contributed by atoms with E-state index >= 15 is 0 Å². The number of rotatable bonds is 11. The SMILES string of the molecule is CC(C)(C)N1CCCCC1.CC(C)(C)c1cnc(N2CCCC2)cn1.CCN(C)c1cnc(C(C)(C)C)cn1.CCN(CC)c1ccc(C(C)(C)C)cn1.CCN(CC)c1cnc(C(C)(C)C)cn1.CN(C)c1cnc(C(C)(C)C)cn1.CN1CCN(c2cnc(C(C)(C)C)cn2)CC1. The maximum absolute atomic E-state index is 4.54. The lowest BCUT2D eigenvalue weighted by molar-refractivity contribution is 0.111. The van der Waals surface area contributed by atoms with Crippen LogP contribution in [0.5, 0.6) is 0 Å². The van der Waals surface area contributed by atoms with E-state index in [9.17, 15) is 0 Å². The number of anilines is 6. The van der Waals surface area contributed by atoms with E-state index < -0.39 is 0 Å². The summed E-state index contributed by atoms with van der Waals surface area (Å²) in [6.07, 6.45) is 27.5. The molecular weight excluding hydrogens is 1230 g/mol. The molecular formula is C80H139N19. The molecule has 0 atom stereocenters. The van der Waals surface area contributed by atoms with Gasteiger partial charge in [0.15, 0.2) is 0 Å². The van der Waals surface area contributed by atoms with Gasteiger partial charge in [0, 0.05) is 132 Å². The van der Waals surface area contributed by atoms with E-state index in [2.05, 4.69) is 288 Å². The number of hydrogen-bond donors (Lipinski definition) is 0. The Labute approximate surface area is 603 Å². The Balaban J connectivity index is 0.000000302. The molecule has 3 saturated heterocycles. The van der Waals surface area contributed by atoms with E-state index in [4.69, 9.17) is 0 Å². The zero-order chi connectivity index (χ0) is 74.7. The second-order valence-electron chi connectivity index (χ2n) is 33.7. The second kappa shape index (κ2) is 39.5. The highest BCUT2D eigenvalue weighted by molar-refractivity contribution is 5.42. The van der Waals surface area contributed by atoms with E-state index in [-0.39, 0.29) is 32.5 Å². The van der Waals surface area contributed by atoms with Gasteiger partial charge in [-0.1, -0.05) is 137 Å². The Morgan fingerprint density at radius 2 is 0.646 bits per heavy atom. The minimum Gasteiger partial charge on any atom is -0.361 e. The number of likely N-dealkylation sites (N-methyl/N-ethyl adjacent to an activating group) is 1. The largest absolute Gasteiger partial charge is 0.361 e. The molecule has 9 heterocycles. The summed E-state index contributed by atoms with van der Waals surface area (Å²) in [6, 6.07) is 4.30. The first-order chi connectivity index (χ1) is 46.0. The highest BCUT2D eigenvalue weighted by atomic mass is 15.3. The fourth-order valence-corrected chi connectivity index (χ4v) is 10.3. The van der Waals surface area contributed by atoms with Crippen molar-refractivity contribution in [2.45, 2.75) is 250 Å². The molecule has 99 heavy (non-hydrogen) atoms. The molecule has 6 aromatic heterocycles. The van der Waals surface area contributed by atoms with Crippen molar-refractivity contribution in [3.05, 3.63) is 114 Å². The molecule has 19 heteroatoms. The van der Waals surface area contributed by atoms with Crippen LogP contribution >= 0.6 is 0 Å². The minimum absolute atomic E-state index is 0.0770. The van der Waals surface area contributed by atoms with Crippen LogP contribution in [0.4, 0.5) is 34.9 Å². The van der Waals surface area contributed by atoms with Crippen LogP contribution < -0.4 is 29.4 Å². The first-order valence-electron chi connectivity index (χ1n) is 36.9. The van der Waals surface area contributed by atoms with Crippen LogP contribution in [0.2, 0.25) is 0 Å². The fourth-order valence-electron chi connectivity index (χ4n) is 10.3. The van der Waals surface area contributed by atoms with Crippen LogP contribution in [0, 0.1) is 0 Å². The molecule has 6 aromatic rings. The topological polar surface area (TPSA) is 168 Å². The van der Waals surface area contributed by atoms with E-state index in [1.54, 1.807) is 6.20 Å². The van der Waals surface area contributed by atoms with Crippen LogP contribution in [0.1, 0.15) is 246 Å². The molecule has 3 aliphatic heterocycles. The maximum atomic E-state index is 4.54. The summed E-state index contributed by atoms with van der Waals surface area (Å²) in [4.78, 5) is 66.9. The quantitative estimate of drug-likeness (QED) is 0.120. The number of piperidine rings is 1. The third kappa shape index (κ3) is 30.6. The molecule has 0 aliphatic carbocycles. The zero-order valence-electron chi connectivity index (χ0n) is 68.2. The molecule has 0 spiro atoms. The van der Waals surface area contributed by atoms with Crippen molar-refractivity contribution in [2.24, 2.45) is 0 Å². The van der Waals surface area contributed by atoms with Gasteiger partial charge in [0.2, 0.25) is 0 Å². The van der Waals surface area contributed by atoms with Crippen LogP contribution in [-0.2, 0) is 32.5 Å². The summed E-state index contributed by atoms with van der Waals surface area (Å²) in [5.74, 6) is 5.90. The van der Waals surface area contributed by atoms with Gasteiger partial charge in [-0.15, -0.1) is 0 Å². The van der Waals surface area contributed by atoms with Gasteiger partial charge in [0.1, 0.15) is 34.9 Å². The van der Waals surface area contributed by atoms with Crippen molar-refractivity contribution in [2.75, 3.05) is 143 Å². The molecule has 0 radical (unpaired) electrons. The van der Waals surface area contributed by atoms with Crippen molar-refractivity contribution < 1.29 is 0 Å². The summed E-state index contributed by atoms with van der Waals surface area (Å²) >= 11 is 0. The van der Waals surface area contributed by atoms with Crippen LogP contribution in [0.3, 0.4) is 0 Å². The van der Waals surface area contributed by atoms with Crippen LogP contribution in [0.15, 0.2) is 80.3 Å². The molecule has 0 aromatic carbocycles. The predicted molar refractivity (Wildman–Crippen MR) is 423 cm³/mol. The lowest BCUT2D eigenvalue weighted by atomic mass is 9.88. The maximum Gasteiger partial charge on any atom is 0.147 e. The highest BCUT2D eigenvalue weighted by Gasteiger charge is 2.25. The van der Waals surface area contributed by atoms with Crippen LogP contribution in [-0.4, -0.2) is 183 Å². The average molecular weight is 1370 g/mol. The summed E-state index contributed by atoms with van der Waals surface area (Å²) in [5, 5.41) is 0. The molecule has 9 rings (SSSR count). The smallest absolute Gasteiger partial charge is 0.147 e. The minimum atomic E-state index is 0.0770. The van der Waals surface area contributed by atoms with Crippen LogP contribution in [0.25, 0.3) is 0 Å². The van der Waals surface area contributed by atoms with Crippen molar-refractivity contribution in [3.8, 4) is 0 Å². The molecule has 3 aliphatic rings. The summed E-state index contributed by atoms with van der Waals surface area (Å²) in [7, 11) is 8.09. The number of hydrogen-bond acceptors (Lipinski definition) is 19. The second-order valence-corrected chi connectivity index (χ2v) is 33.7. The number of nitrogens with zero attached hydrogens (tertiary/aromatic N) is 19. The van der Waals surface area contributed by atoms with Crippen molar-refractivity contribution in [3.63, 3.8) is 0 Å². The van der Waals surface area contributed by atoms with Gasteiger partial charge in [-0.2, -0.15) is 0 Å². The molecule has 0 saturated carbocycles. The lowest BCUT2D eigenvalue weighted by Gasteiger charge is -2.38. The van der Waals surface area contributed by atoms with Gasteiger partial charge in [-0.05, 0) is 118 Å². The van der Waals surface area contributed by atoms with Crippen molar-refractivity contribution in [1.29, 1.82) is 0 Å². The van der Waals surface area contributed by atoms with Gasteiger partial charge in [0.25, 0.3) is 0 Å². The number of pyridine rings is 1. The Morgan fingerprint density at radius 1 is 0.313 bits per heavy atom. The summed E-state index contributed by atoms with van der Waals surface area (Å²) < 4.78 is 0. The van der Waals surface area contributed by atoms with Gasteiger partial charge < -0.3 is 34.3 Å². The monoisotopic (exact) mass is 1370 g/mol. The standard InChI is InChI=1S/C13H22N4.C13H22N2.C12H19N3.C12H21N3.C11H19N3.C10H17N3.C9H19N/c1-13(2,3)11-9-15-12(10-14-11)17-7-5-16(4)6-8-17;1-6-15(7-2)12-9-8-11(10-14-12)13(3,4)5;1-12(2,3)10-8-14-11(9-13-10)15-6-4-5-7-15;1-6-15(7-2)11-9-13-10(8-14-11)12(3,4)5;1-6-14(5)10-8-12-9(7-13-10)11(2,3)4;1-10(2,3)8-6-12-9(7-11-8)13(4)5;1-9(2,3)10-7-5-4-6-8-10/h9-10H,5-8H2,1-4H3;8-10H,6-7H2,1-5H3;8-9H,4-7H2,1-3H3;8-9H,6-7H2,1-5H3;7-8H,6H2,1-5H3;6-7H,1-5H3;4-8H2,1-3H3. The van der Waals surface area contributed by atoms with E-state index in [1.807, 2.05) is 88.0 Å². The Bertz CT molecular complexity index is 2950. The number of piperazine rings is 1. The molecule has 0 amide bonds. The van der Waals surface area contributed by atoms with Gasteiger partial charge >= 0.3 is 0 Å². The normalized spacial score (nSPS) is 14.7. The zero-order valence-corrected chi connectivity index (χ0v) is 68.2. The highest BCUT2D eigenvalue weighted by Crippen LogP contribution is 2.27. The number of likely N-dealkylation sites (tertiary alicyclic amines) is 1. The van der Waals surface area contributed by atoms with Crippen molar-refractivity contribution >= 4 is 34.9 Å². The van der Waals surface area contributed by atoms with E-state index in [1.165, 1.54) is 50.8 Å². The molecule has 0 unspecified atom stereocenters. The van der Waals surface area contributed by atoms with Gasteiger partial charge in [-0.25, -0.2) is 29.9 Å². The predicted octanol–water partition coefficient (Wildman–Crippen LogP) is 16.1. The Morgan fingerprint density at radius 3 is 0.929 bits per heavy atom. The van der Waals surface area contributed by atoms with E-state index in [0.29, 0.717) is 5.54 Å². The number of aromatic nitrogens is 11. The molecule has 0 bridgehead atoms. The molecule has 554 valence electrons. The molecule has 3 fully saturated rings. The molecule has 19 nitrogen and oxygen atoms in total. The Kier molecular flexibility index (Phi) is 34.5. The lowest BCUT2D eigenvalue weighted by Crippen LogP contribution is -2.44. The van der Waals surface area contributed by atoms with Crippen molar-refractivity contribution in [1.82, 2.24) is 64.6 Å². The van der Waals surface area contributed by atoms with E-state index in [0.717, 1.165) is 135 Å². The Hall–Kier alpha value is -6.73. The first kappa shape index (κ1) is 86.5. The summed E-state index contributed by atoms with van der Waals surface area (Å²) in [5.41, 5.74) is 7.50.